The van der Waals surface area contributed by atoms with Gasteiger partial charge in [0.05, 0.1) is 5.54 Å². The van der Waals surface area contributed by atoms with Crippen LogP contribution in [-0.2, 0) is 9.53 Å². The number of nitrogens with one attached hydrogen (secondary N) is 1. The molecular weight excluding hydrogens is 216 g/mol. The van der Waals surface area contributed by atoms with Crippen molar-refractivity contribution in [2.45, 2.75) is 52.5 Å². The molecule has 102 valence electrons. The van der Waals surface area contributed by atoms with Crippen molar-refractivity contribution in [1.82, 2.24) is 5.32 Å². The van der Waals surface area contributed by atoms with Crippen LogP contribution in [0.25, 0.3) is 0 Å². The Bertz CT molecular complexity index is 215. The van der Waals surface area contributed by atoms with Crippen LogP contribution < -0.4 is 11.1 Å². The van der Waals surface area contributed by atoms with Gasteiger partial charge in [-0.15, -0.1) is 0 Å². The molecule has 0 aliphatic heterocycles. The molecule has 3 N–H and O–H groups in total. The zero-order valence-electron chi connectivity index (χ0n) is 11.7. The van der Waals surface area contributed by atoms with Gasteiger partial charge in [-0.05, 0) is 25.7 Å². The maximum atomic E-state index is 11.7. The van der Waals surface area contributed by atoms with Crippen LogP contribution in [0.5, 0.6) is 0 Å². The smallest absolute Gasteiger partial charge is 0.239 e. The van der Waals surface area contributed by atoms with Gasteiger partial charge in [0.2, 0.25) is 5.91 Å². The standard InChI is InChI=1S/C13H28N2O2/c1-5-7-13(4,14)12(16)15-8-6-9-17-10-11(2)3/h11H,5-10,14H2,1-4H3,(H,15,16). The number of carbonyl (C=O) groups is 1. The molecule has 4 heteroatoms. The van der Waals surface area contributed by atoms with Gasteiger partial charge in [-0.25, -0.2) is 0 Å². The summed E-state index contributed by atoms with van der Waals surface area (Å²) in [6, 6.07) is 0. The van der Waals surface area contributed by atoms with E-state index in [1.54, 1.807) is 6.92 Å². The van der Waals surface area contributed by atoms with E-state index < -0.39 is 5.54 Å². The molecule has 17 heavy (non-hydrogen) atoms. The Morgan fingerprint density at radius 2 is 2.12 bits per heavy atom. The minimum absolute atomic E-state index is 0.0665. The van der Waals surface area contributed by atoms with Gasteiger partial charge >= 0.3 is 0 Å². The maximum absolute atomic E-state index is 11.7. The van der Waals surface area contributed by atoms with Crippen molar-refractivity contribution in [3.63, 3.8) is 0 Å². The molecule has 0 saturated heterocycles. The van der Waals surface area contributed by atoms with Crippen molar-refractivity contribution in [1.29, 1.82) is 0 Å². The molecule has 0 aromatic rings. The fourth-order valence-corrected chi connectivity index (χ4v) is 1.53. The first-order valence-corrected chi connectivity index (χ1v) is 6.55. The minimum atomic E-state index is -0.743. The van der Waals surface area contributed by atoms with E-state index in [1.165, 1.54) is 0 Å². The van der Waals surface area contributed by atoms with E-state index in [4.69, 9.17) is 10.5 Å². The molecule has 1 amide bonds. The van der Waals surface area contributed by atoms with Crippen LogP contribution >= 0.6 is 0 Å². The van der Waals surface area contributed by atoms with E-state index in [1.807, 2.05) is 6.92 Å². The molecule has 0 fully saturated rings. The average molecular weight is 244 g/mol. The third-order valence-corrected chi connectivity index (χ3v) is 2.49. The second-order valence-electron chi connectivity index (χ2n) is 5.25. The quantitative estimate of drug-likeness (QED) is 0.607. The first kappa shape index (κ1) is 16.4. The highest BCUT2D eigenvalue weighted by Gasteiger charge is 2.26. The van der Waals surface area contributed by atoms with Crippen LogP contribution in [0.1, 0.15) is 47.0 Å². The van der Waals surface area contributed by atoms with Crippen molar-refractivity contribution in [3.8, 4) is 0 Å². The monoisotopic (exact) mass is 244 g/mol. The molecule has 0 aromatic heterocycles. The van der Waals surface area contributed by atoms with Gasteiger partial charge in [0, 0.05) is 19.8 Å². The Morgan fingerprint density at radius 1 is 1.47 bits per heavy atom. The van der Waals surface area contributed by atoms with Crippen molar-refractivity contribution in [3.05, 3.63) is 0 Å². The predicted molar refractivity (Wildman–Crippen MR) is 70.8 cm³/mol. The molecular formula is C13H28N2O2. The molecule has 4 nitrogen and oxygen atoms in total. The lowest BCUT2D eigenvalue weighted by Crippen LogP contribution is -2.51. The van der Waals surface area contributed by atoms with Gasteiger partial charge in [-0.2, -0.15) is 0 Å². The van der Waals surface area contributed by atoms with Crippen LogP contribution in [-0.4, -0.2) is 31.2 Å². The summed E-state index contributed by atoms with van der Waals surface area (Å²) in [5.41, 5.74) is 5.17. The molecule has 0 heterocycles. The van der Waals surface area contributed by atoms with Crippen LogP contribution in [0.2, 0.25) is 0 Å². The van der Waals surface area contributed by atoms with Gasteiger partial charge in [-0.3, -0.25) is 4.79 Å². The highest BCUT2D eigenvalue weighted by atomic mass is 16.5. The molecule has 0 aliphatic rings. The van der Waals surface area contributed by atoms with E-state index in [9.17, 15) is 4.79 Å². The van der Waals surface area contributed by atoms with Crippen molar-refractivity contribution in [2.75, 3.05) is 19.8 Å². The Morgan fingerprint density at radius 3 is 2.65 bits per heavy atom. The summed E-state index contributed by atoms with van der Waals surface area (Å²) >= 11 is 0. The van der Waals surface area contributed by atoms with E-state index in [0.717, 1.165) is 19.4 Å². The SMILES string of the molecule is CCCC(C)(N)C(=O)NCCCOCC(C)C. The second-order valence-corrected chi connectivity index (χ2v) is 5.25. The minimum Gasteiger partial charge on any atom is -0.381 e. The molecule has 0 aliphatic carbocycles. The molecule has 0 radical (unpaired) electrons. The van der Waals surface area contributed by atoms with Crippen molar-refractivity contribution in [2.24, 2.45) is 11.7 Å². The normalized spacial score (nSPS) is 14.7. The first-order valence-electron chi connectivity index (χ1n) is 6.55. The lowest BCUT2D eigenvalue weighted by Gasteiger charge is -2.22. The molecule has 1 atom stereocenters. The number of hydrogen-bond acceptors (Lipinski definition) is 3. The van der Waals surface area contributed by atoms with E-state index >= 15 is 0 Å². The first-order chi connectivity index (χ1) is 7.90. The molecule has 0 bridgehead atoms. The summed E-state index contributed by atoms with van der Waals surface area (Å²) in [6.45, 7) is 10.1. The summed E-state index contributed by atoms with van der Waals surface area (Å²) in [5, 5.41) is 2.85. The Labute approximate surface area is 105 Å². The zero-order chi connectivity index (χ0) is 13.3. The van der Waals surface area contributed by atoms with Crippen LogP contribution in [0.4, 0.5) is 0 Å². The fourth-order valence-electron chi connectivity index (χ4n) is 1.53. The highest BCUT2D eigenvalue weighted by molar-refractivity contribution is 5.85. The summed E-state index contributed by atoms with van der Waals surface area (Å²) in [6.07, 6.45) is 2.46. The lowest BCUT2D eigenvalue weighted by molar-refractivity contribution is -0.126. The second kappa shape index (κ2) is 8.48. The highest BCUT2D eigenvalue weighted by Crippen LogP contribution is 2.08. The maximum Gasteiger partial charge on any atom is 0.239 e. The van der Waals surface area contributed by atoms with E-state index in [-0.39, 0.29) is 5.91 Å². The van der Waals surface area contributed by atoms with Gasteiger partial charge < -0.3 is 15.8 Å². The lowest BCUT2D eigenvalue weighted by atomic mass is 9.96. The van der Waals surface area contributed by atoms with Crippen LogP contribution in [0.3, 0.4) is 0 Å². The third kappa shape index (κ3) is 8.16. The molecule has 0 saturated carbocycles. The molecule has 0 spiro atoms. The Kier molecular flexibility index (Phi) is 8.17. The molecule has 0 rings (SSSR count). The summed E-state index contributed by atoms with van der Waals surface area (Å²) in [5.74, 6) is 0.490. The van der Waals surface area contributed by atoms with Gasteiger partial charge in [0.15, 0.2) is 0 Å². The molecule has 0 aromatic carbocycles. The summed E-state index contributed by atoms with van der Waals surface area (Å²) in [7, 11) is 0. The van der Waals surface area contributed by atoms with Crippen LogP contribution in [0.15, 0.2) is 0 Å². The van der Waals surface area contributed by atoms with Gasteiger partial charge in [0.1, 0.15) is 0 Å². The van der Waals surface area contributed by atoms with E-state index in [2.05, 4.69) is 19.2 Å². The van der Waals surface area contributed by atoms with Gasteiger partial charge in [0.25, 0.3) is 0 Å². The number of hydrogen-bond donors (Lipinski definition) is 2. The van der Waals surface area contributed by atoms with Gasteiger partial charge in [-0.1, -0.05) is 27.2 Å². The number of carbonyl (C=O) groups excluding carboxylic acids is 1. The number of rotatable bonds is 9. The predicted octanol–water partition coefficient (Wildman–Crippen LogP) is 1.68. The third-order valence-electron chi connectivity index (χ3n) is 2.49. The summed E-state index contributed by atoms with van der Waals surface area (Å²) < 4.78 is 5.43. The number of amides is 1. The number of nitrogens with two attached hydrogens (primary N) is 1. The summed E-state index contributed by atoms with van der Waals surface area (Å²) in [4.78, 5) is 11.7. The van der Waals surface area contributed by atoms with Crippen LogP contribution in [0, 0.1) is 5.92 Å². The molecule has 1 unspecified atom stereocenters. The average Bonchev–Trinajstić information content (AvgIpc) is 2.22. The number of ether oxygens (including phenoxy) is 1. The fraction of sp³-hybridized carbons (Fsp3) is 0.923. The topological polar surface area (TPSA) is 64.4 Å². The van der Waals surface area contributed by atoms with Crippen molar-refractivity contribution >= 4 is 5.91 Å². The van der Waals surface area contributed by atoms with Crippen molar-refractivity contribution < 1.29 is 9.53 Å². The Hall–Kier alpha value is -0.610. The van der Waals surface area contributed by atoms with E-state index in [0.29, 0.717) is 25.5 Å². The largest absolute Gasteiger partial charge is 0.381 e. The Balaban J connectivity index is 3.58. The zero-order valence-corrected chi connectivity index (χ0v) is 11.7.